The van der Waals surface area contributed by atoms with E-state index in [2.05, 4.69) is 18.7 Å². The van der Waals surface area contributed by atoms with Gasteiger partial charge in [0.05, 0.1) is 42.0 Å². The van der Waals surface area contributed by atoms with Crippen molar-refractivity contribution in [1.82, 2.24) is 9.96 Å². The number of ether oxygens (including phenoxy) is 2. The molecule has 266 valence electrons. The van der Waals surface area contributed by atoms with Crippen LogP contribution in [0.4, 0.5) is 0 Å². The Hall–Kier alpha value is -1.63. The van der Waals surface area contributed by atoms with Gasteiger partial charge in [-0.25, -0.2) is 0 Å². The van der Waals surface area contributed by atoms with Crippen molar-refractivity contribution in [2.24, 2.45) is 11.8 Å². The van der Waals surface area contributed by atoms with Gasteiger partial charge in [-0.3, -0.25) is 9.63 Å². The summed E-state index contributed by atoms with van der Waals surface area (Å²) in [5.74, 6) is -0.777. The van der Waals surface area contributed by atoms with E-state index < -0.39 is 41.6 Å². The average Bonchev–Trinajstić information content (AvgIpc) is 3.76. The standard InChI is InChI=1S/C36H64N2O8/c1-10-29(40)27(7)34-30(44-34)24-35(8,42)19-14-15-25(5)33-26(6)16-17-31(46-38(13-4)22-21-37(11-2)12-3)36(9,43)20-18-28(39)23-32(41)45-33/h14-17,19,26-31,33-34,39-40,42-43H,10-13,18,20-24H2,1-9H3/b17-16+,19-14+,25-15+. The lowest BCUT2D eigenvalue weighted by molar-refractivity contribution is -0.229. The molecule has 0 saturated carbocycles. The molecule has 0 bridgehead atoms. The number of epoxide rings is 1. The van der Waals surface area contributed by atoms with Crippen LogP contribution in [0.15, 0.2) is 36.0 Å². The lowest BCUT2D eigenvalue weighted by atomic mass is 9.89. The Kier molecular flexibility index (Phi) is 16.6. The number of esters is 1. The number of nitrogens with zero attached hydrogens (tertiary/aromatic N) is 2. The first-order chi connectivity index (χ1) is 21.6. The van der Waals surface area contributed by atoms with Crippen LogP contribution in [0.1, 0.15) is 94.4 Å². The van der Waals surface area contributed by atoms with Gasteiger partial charge in [0.25, 0.3) is 0 Å². The highest BCUT2D eigenvalue weighted by molar-refractivity contribution is 5.70. The average molecular weight is 653 g/mol. The number of aliphatic hydroxyl groups is 4. The second-order valence-electron chi connectivity index (χ2n) is 13.8. The highest BCUT2D eigenvalue weighted by Gasteiger charge is 2.47. The Morgan fingerprint density at radius 3 is 2.48 bits per heavy atom. The SMILES string of the molecule is CCC(O)C(C)C1OC1CC(C)(O)/C=C/C=C(\C)C1OC(=O)CC(O)CCC(C)(O)C(ON(CC)CCN(CC)CC)/C=C/C1C. The van der Waals surface area contributed by atoms with Gasteiger partial charge in [-0.2, -0.15) is 5.06 Å². The van der Waals surface area contributed by atoms with Crippen molar-refractivity contribution in [1.29, 1.82) is 0 Å². The van der Waals surface area contributed by atoms with Gasteiger partial charge in [-0.05, 0) is 58.7 Å². The third-order valence-electron chi connectivity index (χ3n) is 9.54. The Bertz CT molecular complexity index is 1010. The number of aliphatic hydroxyl groups excluding tert-OH is 2. The van der Waals surface area contributed by atoms with E-state index in [1.165, 1.54) is 0 Å². The van der Waals surface area contributed by atoms with E-state index >= 15 is 0 Å². The van der Waals surface area contributed by atoms with Gasteiger partial charge < -0.3 is 34.8 Å². The summed E-state index contributed by atoms with van der Waals surface area (Å²) in [7, 11) is 0. The van der Waals surface area contributed by atoms with Crippen LogP contribution >= 0.6 is 0 Å². The number of cyclic esters (lactones) is 1. The normalized spacial score (nSPS) is 33.3. The molecular formula is C36H64N2O8. The van der Waals surface area contributed by atoms with E-state index in [4.69, 9.17) is 14.3 Å². The van der Waals surface area contributed by atoms with E-state index in [0.717, 1.165) is 25.2 Å². The number of allylic oxidation sites excluding steroid dienone is 2. The van der Waals surface area contributed by atoms with Crippen molar-refractivity contribution in [3.63, 3.8) is 0 Å². The maximum Gasteiger partial charge on any atom is 0.309 e. The highest BCUT2D eigenvalue weighted by atomic mass is 16.7. The third kappa shape index (κ3) is 13.1. The van der Waals surface area contributed by atoms with Crippen LogP contribution in [0.3, 0.4) is 0 Å². The summed E-state index contributed by atoms with van der Waals surface area (Å²) in [5, 5.41) is 45.2. The minimum atomic E-state index is -1.28. The van der Waals surface area contributed by atoms with Crippen molar-refractivity contribution in [2.75, 3.05) is 32.7 Å². The molecule has 10 heteroatoms. The minimum absolute atomic E-state index is 0.00647. The zero-order chi connectivity index (χ0) is 34.7. The fourth-order valence-electron chi connectivity index (χ4n) is 6.02. The molecule has 2 rings (SSSR count). The molecule has 2 aliphatic rings. The van der Waals surface area contributed by atoms with Crippen LogP contribution in [-0.2, 0) is 19.1 Å². The highest BCUT2D eigenvalue weighted by Crippen LogP contribution is 2.37. The molecule has 0 radical (unpaired) electrons. The van der Waals surface area contributed by atoms with Crippen LogP contribution in [0.5, 0.6) is 0 Å². The molecule has 46 heavy (non-hydrogen) atoms. The summed E-state index contributed by atoms with van der Waals surface area (Å²) in [5.41, 5.74) is -1.64. The van der Waals surface area contributed by atoms with E-state index in [9.17, 15) is 25.2 Å². The molecule has 0 aromatic carbocycles. The fourth-order valence-corrected chi connectivity index (χ4v) is 6.02. The van der Waals surface area contributed by atoms with Gasteiger partial charge >= 0.3 is 5.97 Å². The van der Waals surface area contributed by atoms with Gasteiger partial charge in [0.15, 0.2) is 0 Å². The van der Waals surface area contributed by atoms with Crippen molar-refractivity contribution < 1.29 is 39.5 Å². The third-order valence-corrected chi connectivity index (χ3v) is 9.54. The summed E-state index contributed by atoms with van der Waals surface area (Å²) in [4.78, 5) is 21.6. The number of hydroxylamine groups is 2. The number of rotatable bonds is 16. The largest absolute Gasteiger partial charge is 0.457 e. The van der Waals surface area contributed by atoms with Crippen LogP contribution in [-0.4, -0.2) is 117 Å². The van der Waals surface area contributed by atoms with Gasteiger partial charge in [-0.15, -0.1) is 0 Å². The van der Waals surface area contributed by atoms with E-state index in [-0.39, 0.29) is 43.3 Å². The number of carbonyl (C=O) groups excluding carboxylic acids is 1. The van der Waals surface area contributed by atoms with Gasteiger partial charge in [0, 0.05) is 37.9 Å². The van der Waals surface area contributed by atoms with Crippen molar-refractivity contribution in [3.05, 3.63) is 36.0 Å². The first-order valence-corrected chi connectivity index (χ1v) is 17.4. The predicted molar refractivity (Wildman–Crippen MR) is 181 cm³/mol. The van der Waals surface area contributed by atoms with Crippen LogP contribution in [0.2, 0.25) is 0 Å². The maximum absolute atomic E-state index is 12.9. The Labute approximate surface area is 278 Å². The first-order valence-electron chi connectivity index (χ1n) is 17.4. The Morgan fingerprint density at radius 2 is 1.87 bits per heavy atom. The monoisotopic (exact) mass is 652 g/mol. The number of likely N-dealkylation sites (N-methyl/N-ethyl adjacent to an activating group) is 2. The predicted octanol–water partition coefficient (Wildman–Crippen LogP) is 4.17. The Balaban J connectivity index is 2.22. The molecule has 0 amide bonds. The van der Waals surface area contributed by atoms with E-state index in [0.29, 0.717) is 25.9 Å². The minimum Gasteiger partial charge on any atom is -0.457 e. The van der Waals surface area contributed by atoms with Crippen LogP contribution < -0.4 is 0 Å². The van der Waals surface area contributed by atoms with Crippen molar-refractivity contribution in [3.8, 4) is 0 Å². The van der Waals surface area contributed by atoms with Crippen molar-refractivity contribution >= 4 is 5.97 Å². The molecule has 4 N–H and O–H groups in total. The molecule has 0 spiro atoms. The fraction of sp³-hybridized carbons (Fsp3) is 0.806. The maximum atomic E-state index is 12.9. The molecule has 0 aromatic rings. The molecule has 1 fully saturated rings. The summed E-state index contributed by atoms with van der Waals surface area (Å²) >= 11 is 0. The van der Waals surface area contributed by atoms with Crippen molar-refractivity contribution in [2.45, 2.75) is 142 Å². The second kappa shape index (κ2) is 18.8. The zero-order valence-electron chi connectivity index (χ0n) is 29.9. The van der Waals surface area contributed by atoms with Crippen LogP contribution in [0, 0.1) is 11.8 Å². The molecule has 10 unspecified atom stereocenters. The number of hydrogen-bond acceptors (Lipinski definition) is 10. The molecular weight excluding hydrogens is 588 g/mol. The molecule has 10 nitrogen and oxygen atoms in total. The van der Waals surface area contributed by atoms with E-state index in [1.54, 1.807) is 26.0 Å². The lowest BCUT2D eigenvalue weighted by Gasteiger charge is -2.36. The number of carbonyl (C=O) groups is 1. The second-order valence-corrected chi connectivity index (χ2v) is 13.8. The summed E-state index contributed by atoms with van der Waals surface area (Å²) in [6.45, 7) is 21.5. The van der Waals surface area contributed by atoms with Gasteiger partial charge in [-0.1, -0.05) is 71.9 Å². The smallest absolute Gasteiger partial charge is 0.309 e. The lowest BCUT2D eigenvalue weighted by Crippen LogP contribution is -2.46. The molecule has 0 aliphatic carbocycles. The molecule has 0 aromatic heterocycles. The summed E-state index contributed by atoms with van der Waals surface area (Å²) < 4.78 is 11.7. The van der Waals surface area contributed by atoms with Gasteiger partial charge in [0.1, 0.15) is 12.2 Å². The molecule has 1 saturated heterocycles. The number of hydrogen-bond donors (Lipinski definition) is 4. The molecule has 2 heterocycles. The zero-order valence-corrected chi connectivity index (χ0v) is 29.9. The first kappa shape index (κ1) is 40.5. The summed E-state index contributed by atoms with van der Waals surface area (Å²) in [6.07, 6.45) is 7.53. The quantitative estimate of drug-likeness (QED) is 0.0633. The topological polar surface area (TPSA) is 135 Å². The molecule has 10 atom stereocenters. The Morgan fingerprint density at radius 1 is 1.20 bits per heavy atom. The van der Waals surface area contributed by atoms with Gasteiger partial charge in [0.2, 0.25) is 0 Å². The summed E-state index contributed by atoms with van der Waals surface area (Å²) in [6, 6.07) is 0. The van der Waals surface area contributed by atoms with E-state index in [1.807, 2.05) is 57.9 Å². The van der Waals surface area contributed by atoms with Crippen LogP contribution in [0.25, 0.3) is 0 Å². The molecule has 2 aliphatic heterocycles.